The summed E-state index contributed by atoms with van der Waals surface area (Å²) in [5.41, 5.74) is 3.13. The molecular formula is C26H24ClN5O2. The number of ether oxygens (including phenoxy) is 1. The molecule has 0 saturated carbocycles. The predicted octanol–water partition coefficient (Wildman–Crippen LogP) is 5.27. The Morgan fingerprint density at radius 1 is 1.06 bits per heavy atom. The van der Waals surface area contributed by atoms with Crippen molar-refractivity contribution in [2.75, 3.05) is 17.7 Å². The average Bonchev–Trinajstić information content (AvgIpc) is 3.27. The van der Waals surface area contributed by atoms with Crippen molar-refractivity contribution in [3.63, 3.8) is 0 Å². The van der Waals surface area contributed by atoms with E-state index in [1.54, 1.807) is 7.11 Å². The van der Waals surface area contributed by atoms with Crippen molar-refractivity contribution in [2.24, 2.45) is 0 Å². The average molecular weight is 474 g/mol. The van der Waals surface area contributed by atoms with Gasteiger partial charge in [0.25, 0.3) is 5.95 Å². The molecule has 2 heterocycles. The molecule has 8 heteroatoms. The summed E-state index contributed by atoms with van der Waals surface area (Å²) < 4.78 is 7.02. The number of carbonyl (C=O) groups excluding carboxylic acids is 1. The highest BCUT2D eigenvalue weighted by Gasteiger charge is 2.31. The van der Waals surface area contributed by atoms with Gasteiger partial charge in [0.1, 0.15) is 5.75 Å². The number of carbonyl (C=O) groups is 1. The monoisotopic (exact) mass is 473 g/mol. The van der Waals surface area contributed by atoms with Crippen molar-refractivity contribution >= 4 is 29.4 Å². The van der Waals surface area contributed by atoms with Crippen LogP contribution >= 0.6 is 11.6 Å². The number of nitrogens with zero attached hydrogens (tertiary/aromatic N) is 3. The van der Waals surface area contributed by atoms with Crippen molar-refractivity contribution in [1.82, 2.24) is 14.8 Å². The molecular weight excluding hydrogens is 450 g/mol. The Bertz CT molecular complexity index is 1270. The number of anilines is 2. The summed E-state index contributed by atoms with van der Waals surface area (Å²) in [6, 6.07) is 25.4. The van der Waals surface area contributed by atoms with E-state index in [9.17, 15) is 4.79 Å². The van der Waals surface area contributed by atoms with E-state index in [4.69, 9.17) is 16.3 Å². The molecule has 7 nitrogen and oxygen atoms in total. The number of rotatable bonds is 6. The maximum absolute atomic E-state index is 12.7. The van der Waals surface area contributed by atoms with Gasteiger partial charge in [-0.2, -0.15) is 4.98 Å². The molecule has 1 aromatic heterocycles. The van der Waals surface area contributed by atoms with Crippen LogP contribution in [0.25, 0.3) is 0 Å². The first kappa shape index (κ1) is 22.0. The van der Waals surface area contributed by atoms with E-state index in [0.29, 0.717) is 11.0 Å². The molecule has 2 N–H and O–H groups in total. The fourth-order valence-electron chi connectivity index (χ4n) is 4.19. The van der Waals surface area contributed by atoms with Crippen LogP contribution in [0.3, 0.4) is 0 Å². The molecule has 1 amide bonds. The zero-order valence-electron chi connectivity index (χ0n) is 18.6. The maximum atomic E-state index is 12.7. The van der Waals surface area contributed by atoms with Gasteiger partial charge >= 0.3 is 0 Å². The van der Waals surface area contributed by atoms with Gasteiger partial charge in [0, 0.05) is 5.02 Å². The highest BCUT2D eigenvalue weighted by molar-refractivity contribution is 6.30. The smallest absolute Gasteiger partial charge is 0.250 e. The molecule has 1 aliphatic heterocycles. The van der Waals surface area contributed by atoms with Crippen LogP contribution in [0.5, 0.6) is 5.75 Å². The molecule has 4 aromatic rings. The lowest BCUT2D eigenvalue weighted by atomic mass is 9.93. The summed E-state index contributed by atoms with van der Waals surface area (Å²) in [4.78, 5) is 17.2. The summed E-state index contributed by atoms with van der Waals surface area (Å²) >= 11 is 6.09. The summed E-state index contributed by atoms with van der Waals surface area (Å²) in [6.07, 6.45) is 0.998. The van der Waals surface area contributed by atoms with E-state index < -0.39 is 0 Å². The minimum Gasteiger partial charge on any atom is -0.497 e. The van der Waals surface area contributed by atoms with Gasteiger partial charge in [-0.15, -0.1) is 5.10 Å². The van der Waals surface area contributed by atoms with Crippen LogP contribution in [0, 0.1) is 0 Å². The van der Waals surface area contributed by atoms with Gasteiger partial charge in [0.05, 0.1) is 25.6 Å². The molecule has 3 aromatic carbocycles. The molecule has 0 aliphatic carbocycles. The van der Waals surface area contributed by atoms with Gasteiger partial charge in [-0.25, -0.2) is 4.68 Å². The third-order valence-electron chi connectivity index (χ3n) is 5.92. The number of benzene rings is 3. The van der Waals surface area contributed by atoms with Crippen LogP contribution < -0.4 is 15.4 Å². The first-order valence-electron chi connectivity index (χ1n) is 11.1. The second-order valence-corrected chi connectivity index (χ2v) is 8.62. The van der Waals surface area contributed by atoms with Crippen LogP contribution in [0.2, 0.25) is 5.02 Å². The van der Waals surface area contributed by atoms with Crippen molar-refractivity contribution in [3.05, 3.63) is 101 Å². The first-order chi connectivity index (χ1) is 16.6. The molecule has 5 rings (SSSR count). The Morgan fingerprint density at radius 2 is 1.79 bits per heavy atom. The quantitative estimate of drug-likeness (QED) is 0.399. The predicted molar refractivity (Wildman–Crippen MR) is 132 cm³/mol. The van der Waals surface area contributed by atoms with E-state index in [1.165, 1.54) is 0 Å². The highest BCUT2D eigenvalue weighted by atomic mass is 35.5. The van der Waals surface area contributed by atoms with Gasteiger partial charge in [-0.1, -0.05) is 66.2 Å². The van der Waals surface area contributed by atoms with E-state index in [2.05, 4.69) is 32.8 Å². The van der Waals surface area contributed by atoms with Crippen molar-refractivity contribution in [3.8, 4) is 5.75 Å². The molecule has 0 radical (unpaired) electrons. The normalized spacial score (nSPS) is 16.9. The second-order valence-electron chi connectivity index (χ2n) is 8.19. The number of nitrogens with one attached hydrogen (secondary N) is 2. The zero-order chi connectivity index (χ0) is 23.5. The fraction of sp³-hybridized carbons (Fsp3) is 0.192. The topological polar surface area (TPSA) is 81.1 Å². The van der Waals surface area contributed by atoms with Crippen molar-refractivity contribution in [2.45, 2.75) is 24.9 Å². The first-order valence-corrected chi connectivity index (χ1v) is 11.4. The van der Waals surface area contributed by atoms with E-state index >= 15 is 0 Å². The fourth-order valence-corrected chi connectivity index (χ4v) is 4.32. The van der Waals surface area contributed by atoms with Gasteiger partial charge < -0.3 is 10.1 Å². The Morgan fingerprint density at radius 3 is 2.50 bits per heavy atom. The lowest BCUT2D eigenvalue weighted by Crippen LogP contribution is -2.28. The molecule has 0 unspecified atom stereocenters. The van der Waals surface area contributed by atoms with Crippen LogP contribution in [0.1, 0.15) is 35.2 Å². The SMILES string of the molecule is COc1ccc(CC(=O)Nc2nc3n(n2)[C@H](c2ccccc2)C[C@H](c2ccc(Cl)cc2)N3)cc1. The second kappa shape index (κ2) is 9.57. The summed E-state index contributed by atoms with van der Waals surface area (Å²) in [5.74, 6) is 1.46. The van der Waals surface area contributed by atoms with Crippen LogP contribution in [0.15, 0.2) is 78.9 Å². The Kier molecular flexibility index (Phi) is 6.18. The summed E-state index contributed by atoms with van der Waals surface area (Å²) in [7, 11) is 1.61. The number of methoxy groups -OCH3 is 1. The zero-order valence-corrected chi connectivity index (χ0v) is 19.4. The van der Waals surface area contributed by atoms with E-state index in [0.717, 1.165) is 28.9 Å². The third-order valence-corrected chi connectivity index (χ3v) is 6.17. The number of hydrogen-bond donors (Lipinski definition) is 2. The van der Waals surface area contributed by atoms with Gasteiger partial charge in [0.2, 0.25) is 11.9 Å². The number of hydrogen-bond acceptors (Lipinski definition) is 5. The van der Waals surface area contributed by atoms with Crippen LogP contribution in [-0.2, 0) is 11.2 Å². The van der Waals surface area contributed by atoms with E-state index in [1.807, 2.05) is 71.4 Å². The number of aromatic nitrogens is 3. The summed E-state index contributed by atoms with van der Waals surface area (Å²) in [5, 5.41) is 11.6. The number of amides is 1. The largest absolute Gasteiger partial charge is 0.497 e. The molecule has 0 saturated heterocycles. The van der Waals surface area contributed by atoms with Gasteiger partial charge in [-0.3, -0.25) is 10.1 Å². The molecule has 172 valence electrons. The maximum Gasteiger partial charge on any atom is 0.250 e. The molecule has 0 fully saturated rings. The molecule has 0 bridgehead atoms. The summed E-state index contributed by atoms with van der Waals surface area (Å²) in [6.45, 7) is 0. The van der Waals surface area contributed by atoms with Gasteiger partial charge in [0.15, 0.2) is 0 Å². The third kappa shape index (κ3) is 4.75. The van der Waals surface area contributed by atoms with Gasteiger partial charge in [-0.05, 0) is 47.4 Å². The lowest BCUT2D eigenvalue weighted by Gasteiger charge is -2.31. The van der Waals surface area contributed by atoms with Crippen molar-refractivity contribution < 1.29 is 9.53 Å². The Hall–Kier alpha value is -3.84. The molecule has 0 spiro atoms. The van der Waals surface area contributed by atoms with Crippen molar-refractivity contribution in [1.29, 1.82) is 0 Å². The number of fused-ring (bicyclic) bond motifs is 1. The van der Waals surface area contributed by atoms with Crippen LogP contribution in [0.4, 0.5) is 11.9 Å². The highest BCUT2D eigenvalue weighted by Crippen LogP contribution is 2.38. The Labute approximate surface area is 202 Å². The minimum absolute atomic E-state index is 0.0297. The van der Waals surface area contributed by atoms with E-state index in [-0.39, 0.29) is 30.4 Å². The van der Waals surface area contributed by atoms with Crippen LogP contribution in [-0.4, -0.2) is 27.8 Å². The number of halogens is 1. The molecule has 1 aliphatic rings. The lowest BCUT2D eigenvalue weighted by molar-refractivity contribution is -0.115. The Balaban J connectivity index is 1.39. The standard InChI is InChI=1S/C26H24ClN5O2/c1-34-21-13-7-17(8-14-21)15-24(33)29-25-30-26-28-22(18-9-11-20(27)12-10-18)16-23(32(26)31-25)19-5-3-2-4-6-19/h2-14,22-23H,15-16H2,1H3,(H2,28,29,30,31,33)/t22-,23+/m1/s1. The molecule has 34 heavy (non-hydrogen) atoms. The molecule has 2 atom stereocenters. The minimum atomic E-state index is -0.182.